The van der Waals surface area contributed by atoms with Crippen LogP contribution in [-0.2, 0) is 4.79 Å². The highest BCUT2D eigenvalue weighted by Gasteiger charge is 2.13. The number of nitrogens with zero attached hydrogens (tertiary/aromatic N) is 1. The number of nitrogens with one attached hydrogen (secondary N) is 1. The normalized spacial score (nSPS) is 11.0. The molecule has 0 spiro atoms. The molecule has 1 amide bonds. The molecular weight excluding hydrogens is 232 g/mol. The van der Waals surface area contributed by atoms with Crippen molar-refractivity contribution in [2.75, 3.05) is 5.32 Å². The average Bonchev–Trinajstić information content (AvgIpc) is 2.32. The van der Waals surface area contributed by atoms with Crippen LogP contribution in [0.3, 0.4) is 0 Å². The Morgan fingerprint density at radius 2 is 2.11 bits per heavy atom. The van der Waals surface area contributed by atoms with Gasteiger partial charge in [0.25, 0.3) is 5.69 Å². The minimum Gasteiger partial charge on any atom is -0.322 e. The first-order valence-corrected chi connectivity index (χ1v) is 5.40. The molecule has 0 saturated carbocycles. The molecule has 1 rings (SSSR count). The highest BCUT2D eigenvalue weighted by atomic mass is 16.6. The largest absolute Gasteiger partial charge is 0.322 e. The number of nitro groups is 1. The van der Waals surface area contributed by atoms with Crippen molar-refractivity contribution in [1.82, 2.24) is 0 Å². The maximum atomic E-state index is 11.5. The van der Waals surface area contributed by atoms with Crippen molar-refractivity contribution in [3.05, 3.63) is 58.2 Å². The highest BCUT2D eigenvalue weighted by molar-refractivity contribution is 6.00. The van der Waals surface area contributed by atoms with E-state index in [0.717, 1.165) is 0 Å². The zero-order chi connectivity index (χ0) is 13.5. The lowest BCUT2D eigenvalue weighted by Crippen LogP contribution is -2.09. The van der Waals surface area contributed by atoms with E-state index in [-0.39, 0.29) is 11.6 Å². The maximum Gasteiger partial charge on any atom is 0.274 e. The number of anilines is 1. The molecule has 0 radical (unpaired) electrons. The fraction of sp³-hybridized carbons (Fsp3) is 0.154. The minimum atomic E-state index is -0.472. The fourth-order valence-corrected chi connectivity index (χ4v) is 1.39. The first kappa shape index (κ1) is 13.6. The smallest absolute Gasteiger partial charge is 0.274 e. The van der Waals surface area contributed by atoms with Gasteiger partial charge in [-0.05, 0) is 19.9 Å². The molecule has 0 aliphatic carbocycles. The van der Waals surface area contributed by atoms with Crippen LogP contribution in [0.15, 0.2) is 42.5 Å². The predicted octanol–water partition coefficient (Wildman–Crippen LogP) is 2.97. The van der Waals surface area contributed by atoms with Crippen LogP contribution in [0, 0.1) is 17.0 Å². The van der Waals surface area contributed by atoms with Gasteiger partial charge < -0.3 is 5.32 Å². The second-order valence-electron chi connectivity index (χ2n) is 3.58. The summed E-state index contributed by atoms with van der Waals surface area (Å²) in [6.45, 7) is 3.44. The molecule has 18 heavy (non-hydrogen) atoms. The second kappa shape index (κ2) is 6.34. The van der Waals surface area contributed by atoms with E-state index >= 15 is 0 Å². The molecule has 0 saturated heterocycles. The molecule has 0 aliphatic heterocycles. The molecule has 5 nitrogen and oxygen atoms in total. The lowest BCUT2D eigenvalue weighted by Gasteiger charge is -2.06. The fourth-order valence-electron chi connectivity index (χ4n) is 1.39. The summed E-state index contributed by atoms with van der Waals surface area (Å²) >= 11 is 0. The zero-order valence-electron chi connectivity index (χ0n) is 10.2. The number of carbonyl (C=O) groups is 1. The van der Waals surface area contributed by atoms with E-state index in [9.17, 15) is 14.9 Å². The zero-order valence-corrected chi connectivity index (χ0v) is 10.2. The van der Waals surface area contributed by atoms with Gasteiger partial charge >= 0.3 is 0 Å². The lowest BCUT2D eigenvalue weighted by molar-refractivity contribution is -0.385. The molecule has 0 fully saturated rings. The number of hydrogen-bond acceptors (Lipinski definition) is 3. The van der Waals surface area contributed by atoms with Crippen molar-refractivity contribution in [2.45, 2.75) is 13.8 Å². The van der Waals surface area contributed by atoms with Crippen LogP contribution in [0.2, 0.25) is 0 Å². The predicted molar refractivity (Wildman–Crippen MR) is 70.4 cm³/mol. The van der Waals surface area contributed by atoms with Crippen LogP contribution in [0.25, 0.3) is 0 Å². The van der Waals surface area contributed by atoms with Gasteiger partial charge in [0.2, 0.25) is 5.91 Å². The van der Waals surface area contributed by atoms with Gasteiger partial charge in [0, 0.05) is 12.1 Å². The van der Waals surface area contributed by atoms with Crippen LogP contribution >= 0.6 is 0 Å². The van der Waals surface area contributed by atoms with Gasteiger partial charge in [0.1, 0.15) is 0 Å². The average molecular weight is 246 g/mol. The third kappa shape index (κ3) is 3.55. The Hall–Kier alpha value is -2.43. The van der Waals surface area contributed by atoms with E-state index in [2.05, 4.69) is 5.32 Å². The Kier molecular flexibility index (Phi) is 4.80. The topological polar surface area (TPSA) is 72.2 Å². The number of amides is 1. The molecule has 94 valence electrons. The van der Waals surface area contributed by atoms with E-state index in [1.54, 1.807) is 31.2 Å². The Morgan fingerprint density at radius 1 is 1.39 bits per heavy atom. The second-order valence-corrected chi connectivity index (χ2v) is 3.58. The van der Waals surface area contributed by atoms with Gasteiger partial charge in [0.15, 0.2) is 0 Å². The first-order chi connectivity index (χ1) is 8.56. The maximum absolute atomic E-state index is 11.5. The summed E-state index contributed by atoms with van der Waals surface area (Å²) in [5, 5.41) is 13.3. The van der Waals surface area contributed by atoms with E-state index in [1.165, 1.54) is 18.2 Å². The van der Waals surface area contributed by atoms with Crippen LogP contribution in [0.1, 0.15) is 12.5 Å². The van der Waals surface area contributed by atoms with Gasteiger partial charge in [-0.25, -0.2) is 0 Å². The SMILES string of the molecule is C/C=C/C=C/C(=O)Nc1cccc([N+](=O)[O-])c1C. The molecule has 5 heteroatoms. The summed E-state index contributed by atoms with van der Waals surface area (Å²) in [7, 11) is 0. The van der Waals surface area contributed by atoms with Crippen molar-refractivity contribution in [3.63, 3.8) is 0 Å². The van der Waals surface area contributed by atoms with E-state index < -0.39 is 4.92 Å². The van der Waals surface area contributed by atoms with Crippen molar-refractivity contribution >= 4 is 17.3 Å². The Morgan fingerprint density at radius 3 is 2.72 bits per heavy atom. The molecule has 1 aromatic rings. The molecule has 1 N–H and O–H groups in total. The summed E-state index contributed by atoms with van der Waals surface area (Å²) in [5.41, 5.74) is 0.875. The van der Waals surface area contributed by atoms with Gasteiger partial charge in [0.05, 0.1) is 16.2 Å². The monoisotopic (exact) mass is 246 g/mol. The number of carbonyl (C=O) groups excluding carboxylic acids is 1. The summed E-state index contributed by atoms with van der Waals surface area (Å²) in [5.74, 6) is -0.323. The minimum absolute atomic E-state index is 0.00904. The third-order valence-electron chi connectivity index (χ3n) is 2.31. The summed E-state index contributed by atoms with van der Waals surface area (Å²) in [6.07, 6.45) is 6.47. The first-order valence-electron chi connectivity index (χ1n) is 5.40. The molecular formula is C13H14N2O3. The molecule has 0 bridgehead atoms. The Bertz CT molecular complexity index is 519. The van der Waals surface area contributed by atoms with E-state index in [0.29, 0.717) is 11.3 Å². The molecule has 0 heterocycles. The van der Waals surface area contributed by atoms with Gasteiger partial charge in [-0.15, -0.1) is 0 Å². The summed E-state index contributed by atoms with van der Waals surface area (Å²) in [4.78, 5) is 21.8. The van der Waals surface area contributed by atoms with Crippen LogP contribution in [0.5, 0.6) is 0 Å². The molecule has 0 unspecified atom stereocenters. The molecule has 0 atom stereocenters. The number of nitro benzene ring substituents is 1. The summed E-state index contributed by atoms with van der Waals surface area (Å²) in [6, 6.07) is 4.57. The Balaban J connectivity index is 2.88. The Labute approximate surface area is 105 Å². The van der Waals surface area contributed by atoms with E-state index in [1.807, 2.05) is 6.92 Å². The number of benzene rings is 1. The lowest BCUT2D eigenvalue weighted by atomic mass is 10.1. The van der Waals surface area contributed by atoms with Crippen molar-refractivity contribution in [1.29, 1.82) is 0 Å². The standard InChI is InChI=1S/C13H14N2O3/c1-3-4-5-9-13(16)14-11-7-6-8-12(10(11)2)15(17)18/h3-9H,1-2H3,(H,14,16)/b4-3+,9-5+. The third-order valence-corrected chi connectivity index (χ3v) is 2.31. The van der Waals surface area contributed by atoms with Crippen LogP contribution in [0.4, 0.5) is 11.4 Å². The van der Waals surface area contributed by atoms with Crippen molar-refractivity contribution in [3.8, 4) is 0 Å². The molecule has 1 aromatic carbocycles. The number of allylic oxidation sites excluding steroid dienone is 3. The van der Waals surface area contributed by atoms with Crippen LogP contribution < -0.4 is 5.32 Å². The van der Waals surface area contributed by atoms with E-state index in [4.69, 9.17) is 0 Å². The quantitative estimate of drug-likeness (QED) is 0.384. The molecule has 0 aliphatic rings. The highest BCUT2D eigenvalue weighted by Crippen LogP contribution is 2.24. The number of rotatable bonds is 4. The van der Waals surface area contributed by atoms with Gasteiger partial charge in [-0.3, -0.25) is 14.9 Å². The van der Waals surface area contributed by atoms with Crippen molar-refractivity contribution in [2.24, 2.45) is 0 Å². The van der Waals surface area contributed by atoms with Crippen LogP contribution in [-0.4, -0.2) is 10.8 Å². The number of hydrogen-bond donors (Lipinski definition) is 1. The van der Waals surface area contributed by atoms with Gasteiger partial charge in [-0.2, -0.15) is 0 Å². The van der Waals surface area contributed by atoms with Crippen molar-refractivity contribution < 1.29 is 9.72 Å². The van der Waals surface area contributed by atoms with Gasteiger partial charge in [-0.1, -0.05) is 24.3 Å². The molecule has 0 aromatic heterocycles. The summed E-state index contributed by atoms with van der Waals surface area (Å²) < 4.78 is 0.